The highest BCUT2D eigenvalue weighted by atomic mass is 16.5. The Hall–Kier alpha value is -0.840. The number of furan rings is 1. The lowest BCUT2D eigenvalue weighted by Crippen LogP contribution is -2.34. The lowest BCUT2D eigenvalue weighted by Gasteiger charge is -2.19. The molecule has 1 aromatic heterocycles. The van der Waals surface area contributed by atoms with Crippen LogP contribution in [0.5, 0.6) is 0 Å². The molecule has 1 N–H and O–H groups in total. The van der Waals surface area contributed by atoms with Gasteiger partial charge in [0.15, 0.2) is 0 Å². The molecule has 0 bridgehead atoms. The first-order valence-electron chi connectivity index (χ1n) is 7.43. The minimum atomic E-state index is 0.0971. The average Bonchev–Trinajstić information content (AvgIpc) is 2.97. The van der Waals surface area contributed by atoms with Gasteiger partial charge in [0.25, 0.3) is 0 Å². The Bertz CT molecular complexity index is 414. The summed E-state index contributed by atoms with van der Waals surface area (Å²) in [5.41, 5.74) is 1.24. The zero-order valence-corrected chi connectivity index (χ0v) is 13.1. The summed E-state index contributed by atoms with van der Waals surface area (Å²) in [7, 11) is 0. The van der Waals surface area contributed by atoms with Gasteiger partial charge in [-0.05, 0) is 40.2 Å². The smallest absolute Gasteiger partial charge is 0.118 e. The minimum absolute atomic E-state index is 0.0971. The summed E-state index contributed by atoms with van der Waals surface area (Å²) in [6.07, 6.45) is 1.12. The van der Waals surface area contributed by atoms with Crippen LogP contribution in [-0.2, 0) is 22.6 Å². The van der Waals surface area contributed by atoms with Gasteiger partial charge in [-0.3, -0.25) is 0 Å². The Labute approximate surface area is 121 Å². The largest absolute Gasteiger partial charge is 0.465 e. The fourth-order valence-corrected chi connectivity index (χ4v) is 2.22. The summed E-state index contributed by atoms with van der Waals surface area (Å²) in [5.74, 6) is 2.49. The molecular weight excluding hydrogens is 254 g/mol. The first kappa shape index (κ1) is 15.5. The van der Waals surface area contributed by atoms with E-state index in [2.05, 4.69) is 32.2 Å². The Morgan fingerprint density at radius 2 is 2.20 bits per heavy atom. The van der Waals surface area contributed by atoms with Crippen molar-refractivity contribution in [1.82, 2.24) is 5.32 Å². The molecule has 4 nitrogen and oxygen atoms in total. The van der Waals surface area contributed by atoms with E-state index >= 15 is 0 Å². The summed E-state index contributed by atoms with van der Waals surface area (Å²) in [6, 6.07) is 2.10. The number of ether oxygens (including phenoxy) is 2. The highest BCUT2D eigenvalue weighted by Crippen LogP contribution is 2.18. The van der Waals surface area contributed by atoms with Gasteiger partial charge in [-0.2, -0.15) is 0 Å². The Morgan fingerprint density at radius 3 is 2.85 bits per heavy atom. The maximum atomic E-state index is 5.78. The van der Waals surface area contributed by atoms with E-state index in [0.717, 1.165) is 49.9 Å². The summed E-state index contributed by atoms with van der Waals surface area (Å²) in [4.78, 5) is 0. The summed E-state index contributed by atoms with van der Waals surface area (Å²) in [5, 5.41) is 3.43. The Balaban J connectivity index is 1.78. The van der Waals surface area contributed by atoms with Crippen molar-refractivity contribution >= 4 is 0 Å². The standard InChI is InChI=1S/C16H27NO3/c1-12-14(11-19-10-13-5-6-18-9-13)7-15(20-12)8-17-16(2,3)4/h7,13,17H,5-6,8-11H2,1-4H3. The second-order valence-corrected chi connectivity index (χ2v) is 6.64. The van der Waals surface area contributed by atoms with Gasteiger partial charge in [0, 0.05) is 23.6 Å². The van der Waals surface area contributed by atoms with Gasteiger partial charge in [-0.25, -0.2) is 0 Å². The van der Waals surface area contributed by atoms with Crippen molar-refractivity contribution in [2.24, 2.45) is 5.92 Å². The zero-order valence-electron chi connectivity index (χ0n) is 13.1. The second-order valence-electron chi connectivity index (χ2n) is 6.64. The quantitative estimate of drug-likeness (QED) is 0.870. The summed E-state index contributed by atoms with van der Waals surface area (Å²) >= 11 is 0. The molecule has 1 atom stereocenters. The van der Waals surface area contributed by atoms with Crippen molar-refractivity contribution in [2.45, 2.75) is 52.8 Å². The van der Waals surface area contributed by atoms with Gasteiger partial charge in [-0.1, -0.05) is 0 Å². The van der Waals surface area contributed by atoms with Crippen molar-refractivity contribution in [1.29, 1.82) is 0 Å². The fraction of sp³-hybridized carbons (Fsp3) is 0.750. The van der Waals surface area contributed by atoms with Crippen LogP contribution in [0.3, 0.4) is 0 Å². The van der Waals surface area contributed by atoms with Crippen molar-refractivity contribution < 1.29 is 13.9 Å². The molecule has 0 radical (unpaired) electrons. The topological polar surface area (TPSA) is 43.6 Å². The third-order valence-corrected chi connectivity index (χ3v) is 3.50. The molecular formula is C16H27NO3. The van der Waals surface area contributed by atoms with E-state index in [1.54, 1.807) is 0 Å². The Morgan fingerprint density at radius 1 is 1.40 bits per heavy atom. The van der Waals surface area contributed by atoms with Crippen molar-refractivity contribution in [2.75, 3.05) is 19.8 Å². The van der Waals surface area contributed by atoms with Crippen LogP contribution in [0.15, 0.2) is 10.5 Å². The minimum Gasteiger partial charge on any atom is -0.465 e. The van der Waals surface area contributed by atoms with E-state index in [4.69, 9.17) is 13.9 Å². The highest BCUT2D eigenvalue weighted by molar-refractivity contribution is 5.20. The molecule has 0 aromatic carbocycles. The average molecular weight is 281 g/mol. The van der Waals surface area contributed by atoms with E-state index < -0.39 is 0 Å². The van der Waals surface area contributed by atoms with Gasteiger partial charge in [0.2, 0.25) is 0 Å². The molecule has 0 amide bonds. The predicted molar refractivity (Wildman–Crippen MR) is 78.6 cm³/mol. The highest BCUT2D eigenvalue weighted by Gasteiger charge is 2.16. The van der Waals surface area contributed by atoms with Crippen LogP contribution in [0.2, 0.25) is 0 Å². The van der Waals surface area contributed by atoms with Crippen LogP contribution in [-0.4, -0.2) is 25.4 Å². The fourth-order valence-electron chi connectivity index (χ4n) is 2.22. The first-order chi connectivity index (χ1) is 9.44. The number of hydrogen-bond acceptors (Lipinski definition) is 4. The van der Waals surface area contributed by atoms with Crippen LogP contribution < -0.4 is 5.32 Å². The van der Waals surface area contributed by atoms with Crippen molar-refractivity contribution in [3.8, 4) is 0 Å². The van der Waals surface area contributed by atoms with Gasteiger partial charge in [0.05, 0.1) is 26.4 Å². The van der Waals surface area contributed by atoms with E-state index in [9.17, 15) is 0 Å². The molecule has 0 aliphatic carbocycles. The van der Waals surface area contributed by atoms with E-state index in [0.29, 0.717) is 12.5 Å². The molecule has 2 heterocycles. The van der Waals surface area contributed by atoms with E-state index in [1.807, 2.05) is 6.92 Å². The molecule has 114 valence electrons. The first-order valence-corrected chi connectivity index (χ1v) is 7.43. The summed E-state index contributed by atoms with van der Waals surface area (Å²) in [6.45, 7) is 12.3. The van der Waals surface area contributed by atoms with Gasteiger partial charge < -0.3 is 19.2 Å². The van der Waals surface area contributed by atoms with Crippen molar-refractivity contribution in [3.63, 3.8) is 0 Å². The molecule has 0 spiro atoms. The third kappa shape index (κ3) is 4.93. The van der Waals surface area contributed by atoms with Crippen molar-refractivity contribution in [3.05, 3.63) is 23.2 Å². The molecule has 1 unspecified atom stereocenters. The molecule has 20 heavy (non-hydrogen) atoms. The van der Waals surface area contributed by atoms with Crippen LogP contribution in [0.4, 0.5) is 0 Å². The normalized spacial score (nSPS) is 19.7. The van der Waals surface area contributed by atoms with Crippen LogP contribution in [0.1, 0.15) is 44.3 Å². The van der Waals surface area contributed by atoms with Crippen LogP contribution in [0.25, 0.3) is 0 Å². The lowest BCUT2D eigenvalue weighted by atomic mass is 10.1. The van der Waals surface area contributed by atoms with E-state index in [1.165, 1.54) is 0 Å². The van der Waals surface area contributed by atoms with E-state index in [-0.39, 0.29) is 5.54 Å². The SMILES string of the molecule is Cc1oc(CNC(C)(C)C)cc1COCC1CCOC1. The molecule has 1 fully saturated rings. The molecule has 1 aliphatic heterocycles. The molecule has 1 aliphatic rings. The van der Waals surface area contributed by atoms with Gasteiger partial charge in [-0.15, -0.1) is 0 Å². The predicted octanol–water partition coefficient (Wildman–Crippen LogP) is 3.03. The second kappa shape index (κ2) is 6.74. The van der Waals surface area contributed by atoms with Gasteiger partial charge >= 0.3 is 0 Å². The monoisotopic (exact) mass is 281 g/mol. The van der Waals surface area contributed by atoms with Crippen LogP contribution in [0, 0.1) is 12.8 Å². The zero-order chi connectivity index (χ0) is 14.6. The Kier molecular flexibility index (Phi) is 5.24. The van der Waals surface area contributed by atoms with Crippen LogP contribution >= 0.6 is 0 Å². The maximum absolute atomic E-state index is 5.78. The lowest BCUT2D eigenvalue weighted by molar-refractivity contribution is 0.0785. The number of aryl methyl sites for hydroxylation is 1. The molecule has 1 aromatic rings. The number of nitrogens with one attached hydrogen (secondary N) is 1. The molecule has 1 saturated heterocycles. The number of rotatable bonds is 6. The summed E-state index contributed by atoms with van der Waals surface area (Å²) < 4.78 is 16.9. The molecule has 2 rings (SSSR count). The molecule has 4 heteroatoms. The number of hydrogen-bond donors (Lipinski definition) is 1. The third-order valence-electron chi connectivity index (χ3n) is 3.50. The molecule has 0 saturated carbocycles. The maximum Gasteiger partial charge on any atom is 0.118 e. The van der Waals surface area contributed by atoms with Gasteiger partial charge in [0.1, 0.15) is 11.5 Å².